The molecule has 2 rings (SSSR count). The number of non-ortho nitro benzene ring substituents is 1. The van der Waals surface area contributed by atoms with Gasteiger partial charge in [0.2, 0.25) is 0 Å². The summed E-state index contributed by atoms with van der Waals surface area (Å²) in [5.74, 6) is -1.89. The molecule has 2 aromatic rings. The van der Waals surface area contributed by atoms with Crippen molar-refractivity contribution in [3.05, 3.63) is 61.3 Å². The predicted molar refractivity (Wildman–Crippen MR) is 107 cm³/mol. The first-order chi connectivity index (χ1) is 13.7. The highest BCUT2D eigenvalue weighted by atomic mass is 35.5. The van der Waals surface area contributed by atoms with E-state index in [-0.39, 0.29) is 11.3 Å². The molecule has 0 fully saturated rings. The molecular formula is C18H18ClN3O6S. The second-order valence-electron chi connectivity index (χ2n) is 6.07. The van der Waals surface area contributed by atoms with Gasteiger partial charge in [0, 0.05) is 29.6 Å². The normalized spacial score (nSPS) is 11.4. The van der Waals surface area contributed by atoms with Crippen LogP contribution in [0.15, 0.2) is 36.4 Å². The van der Waals surface area contributed by atoms with Crippen molar-refractivity contribution in [2.75, 3.05) is 13.7 Å². The first-order valence-electron chi connectivity index (χ1n) is 8.37. The number of nitro groups is 1. The summed E-state index contributed by atoms with van der Waals surface area (Å²) in [5.41, 5.74) is -0.210. The second-order valence-corrected chi connectivity index (χ2v) is 7.87. The quantitative estimate of drug-likeness (QED) is 0.383. The number of nitrogens with zero attached hydrogens (tertiary/aromatic N) is 2. The van der Waals surface area contributed by atoms with Crippen molar-refractivity contribution in [2.24, 2.45) is 0 Å². The lowest BCUT2D eigenvalue weighted by Crippen LogP contribution is -2.41. The van der Waals surface area contributed by atoms with Crippen molar-refractivity contribution >= 4 is 46.4 Å². The third-order valence-electron chi connectivity index (χ3n) is 3.81. The zero-order valence-electron chi connectivity index (χ0n) is 15.6. The summed E-state index contributed by atoms with van der Waals surface area (Å²) in [4.78, 5) is 48.7. The van der Waals surface area contributed by atoms with E-state index >= 15 is 0 Å². The van der Waals surface area contributed by atoms with Crippen LogP contribution >= 0.6 is 22.9 Å². The maximum atomic E-state index is 12.2. The van der Waals surface area contributed by atoms with Gasteiger partial charge in [0.1, 0.15) is 6.04 Å². The molecule has 0 aliphatic heterocycles. The Balaban J connectivity index is 1.83. The minimum absolute atomic E-state index is 0.0317. The van der Waals surface area contributed by atoms with Crippen LogP contribution in [0.1, 0.15) is 22.2 Å². The zero-order chi connectivity index (χ0) is 21.6. The topological polar surface area (TPSA) is 119 Å². The number of halogens is 1. The van der Waals surface area contributed by atoms with Gasteiger partial charge in [-0.2, -0.15) is 0 Å². The molecule has 0 saturated carbocycles. The van der Waals surface area contributed by atoms with Crippen molar-refractivity contribution in [1.82, 2.24) is 10.2 Å². The van der Waals surface area contributed by atoms with Crippen molar-refractivity contribution in [3.8, 4) is 0 Å². The van der Waals surface area contributed by atoms with Gasteiger partial charge in [-0.1, -0.05) is 17.7 Å². The smallest absolute Gasteiger partial charge is 0.328 e. The molecule has 154 valence electrons. The highest BCUT2D eigenvalue weighted by Crippen LogP contribution is 2.22. The van der Waals surface area contributed by atoms with Gasteiger partial charge in [-0.3, -0.25) is 19.7 Å². The molecule has 0 aliphatic carbocycles. The monoisotopic (exact) mass is 439 g/mol. The Morgan fingerprint density at radius 1 is 1.31 bits per heavy atom. The Bertz CT molecular complexity index is 932. The summed E-state index contributed by atoms with van der Waals surface area (Å²) < 4.78 is 5.56. The molecule has 1 unspecified atom stereocenters. The first kappa shape index (κ1) is 22.3. The van der Waals surface area contributed by atoms with E-state index in [9.17, 15) is 24.5 Å². The summed E-state index contributed by atoms with van der Waals surface area (Å²) in [5, 5.41) is 13.2. The Morgan fingerprint density at radius 2 is 2.03 bits per heavy atom. The second kappa shape index (κ2) is 9.99. The van der Waals surface area contributed by atoms with Gasteiger partial charge in [0.25, 0.3) is 17.5 Å². The number of likely N-dealkylation sites (N-methyl/N-ethyl adjacent to an activating group) is 1. The highest BCUT2D eigenvalue weighted by molar-refractivity contribution is 7.16. The lowest BCUT2D eigenvalue weighted by molar-refractivity contribution is -0.384. The SMILES string of the molecule is CC(NC(=O)c1cccc([N+](=O)[O-])c1)C(=O)OCC(=O)N(C)Cc1ccc(Cl)s1. The Hall–Kier alpha value is -2.98. The Morgan fingerprint density at radius 3 is 2.66 bits per heavy atom. The number of carbonyl (C=O) groups excluding carboxylic acids is 3. The average molecular weight is 440 g/mol. The summed E-state index contributed by atoms with van der Waals surface area (Å²) in [6.45, 7) is 1.23. The fourth-order valence-electron chi connectivity index (χ4n) is 2.23. The molecule has 29 heavy (non-hydrogen) atoms. The molecule has 1 heterocycles. The molecule has 0 saturated heterocycles. The third-order valence-corrected chi connectivity index (χ3v) is 5.02. The number of hydrogen-bond acceptors (Lipinski definition) is 7. The van der Waals surface area contributed by atoms with E-state index in [1.54, 1.807) is 19.2 Å². The lowest BCUT2D eigenvalue weighted by atomic mass is 10.2. The largest absolute Gasteiger partial charge is 0.454 e. The number of ether oxygens (including phenoxy) is 1. The van der Waals surface area contributed by atoms with Gasteiger partial charge in [-0.15, -0.1) is 11.3 Å². The molecular weight excluding hydrogens is 422 g/mol. The highest BCUT2D eigenvalue weighted by Gasteiger charge is 2.21. The van der Waals surface area contributed by atoms with Crippen LogP contribution in [0.4, 0.5) is 5.69 Å². The van der Waals surface area contributed by atoms with Crippen molar-refractivity contribution < 1.29 is 24.0 Å². The van der Waals surface area contributed by atoms with Crippen molar-refractivity contribution in [3.63, 3.8) is 0 Å². The van der Waals surface area contributed by atoms with Gasteiger partial charge in [0.15, 0.2) is 6.61 Å². The lowest BCUT2D eigenvalue weighted by Gasteiger charge is -2.17. The molecule has 0 bridgehead atoms. The van der Waals surface area contributed by atoms with Gasteiger partial charge >= 0.3 is 5.97 Å². The molecule has 0 aliphatic rings. The van der Waals surface area contributed by atoms with E-state index < -0.39 is 35.4 Å². The molecule has 11 heteroatoms. The number of carbonyl (C=O) groups is 3. The van der Waals surface area contributed by atoms with E-state index in [2.05, 4.69) is 5.32 Å². The van der Waals surface area contributed by atoms with Gasteiger partial charge < -0.3 is 15.0 Å². The average Bonchev–Trinajstić information content (AvgIpc) is 3.10. The summed E-state index contributed by atoms with van der Waals surface area (Å²) >= 11 is 7.19. The third kappa shape index (κ3) is 6.54. The number of nitrogens with one attached hydrogen (secondary N) is 1. The van der Waals surface area contributed by atoms with Gasteiger partial charge in [0.05, 0.1) is 15.8 Å². The molecule has 0 spiro atoms. The van der Waals surface area contributed by atoms with E-state index in [1.807, 2.05) is 0 Å². The summed E-state index contributed by atoms with van der Waals surface area (Å²) in [6.07, 6.45) is 0. The summed E-state index contributed by atoms with van der Waals surface area (Å²) in [7, 11) is 1.57. The van der Waals surface area contributed by atoms with Gasteiger partial charge in [-0.25, -0.2) is 4.79 Å². The standard InChI is InChI=1S/C18H18ClN3O6S/c1-11(20-17(24)12-4-3-5-13(8-12)22(26)27)18(25)28-10-16(23)21(2)9-14-6-7-15(19)29-14/h3-8,11H,9-10H2,1-2H3,(H,20,24). The van der Waals surface area contributed by atoms with Crippen LogP contribution in [0.25, 0.3) is 0 Å². The predicted octanol–water partition coefficient (Wildman–Crippen LogP) is 2.63. The number of esters is 1. The molecule has 1 aromatic carbocycles. The maximum absolute atomic E-state index is 12.2. The van der Waals surface area contributed by atoms with Crippen LogP contribution in [-0.2, 0) is 20.9 Å². The van der Waals surface area contributed by atoms with Crippen LogP contribution in [0.3, 0.4) is 0 Å². The molecule has 9 nitrogen and oxygen atoms in total. The van der Waals surface area contributed by atoms with Crippen LogP contribution in [0.5, 0.6) is 0 Å². The van der Waals surface area contributed by atoms with Crippen LogP contribution in [0, 0.1) is 10.1 Å². The molecule has 2 amide bonds. The molecule has 0 radical (unpaired) electrons. The van der Waals surface area contributed by atoms with Crippen LogP contribution in [0.2, 0.25) is 4.34 Å². The van der Waals surface area contributed by atoms with E-state index in [4.69, 9.17) is 16.3 Å². The van der Waals surface area contributed by atoms with Crippen LogP contribution < -0.4 is 5.32 Å². The zero-order valence-corrected chi connectivity index (χ0v) is 17.2. The number of amides is 2. The van der Waals surface area contributed by atoms with Crippen LogP contribution in [-0.4, -0.2) is 47.3 Å². The maximum Gasteiger partial charge on any atom is 0.328 e. The van der Waals surface area contributed by atoms with E-state index in [1.165, 1.54) is 41.4 Å². The van der Waals surface area contributed by atoms with Crippen molar-refractivity contribution in [2.45, 2.75) is 19.5 Å². The Labute approximate surface area is 175 Å². The minimum Gasteiger partial charge on any atom is -0.454 e. The Kier molecular flexibility index (Phi) is 7.68. The molecule has 1 aromatic heterocycles. The van der Waals surface area contributed by atoms with E-state index in [0.717, 1.165) is 10.9 Å². The molecule has 1 N–H and O–H groups in total. The van der Waals surface area contributed by atoms with E-state index in [0.29, 0.717) is 10.9 Å². The van der Waals surface area contributed by atoms with Gasteiger partial charge in [-0.05, 0) is 25.1 Å². The minimum atomic E-state index is -1.05. The summed E-state index contributed by atoms with van der Waals surface area (Å²) in [6, 6.07) is 7.58. The number of hydrogen-bond donors (Lipinski definition) is 1. The fourth-order valence-corrected chi connectivity index (χ4v) is 3.37. The first-order valence-corrected chi connectivity index (χ1v) is 9.57. The van der Waals surface area contributed by atoms with Crippen molar-refractivity contribution in [1.29, 1.82) is 0 Å². The number of thiophene rings is 1. The molecule has 1 atom stereocenters. The fraction of sp³-hybridized carbons (Fsp3) is 0.278. The number of benzene rings is 1. The number of rotatable bonds is 8. The number of nitro benzene ring substituents is 1.